The summed E-state index contributed by atoms with van der Waals surface area (Å²) in [5, 5.41) is 1.38. The molecule has 0 radical (unpaired) electrons. The lowest BCUT2D eigenvalue weighted by atomic mass is 9.97. The average Bonchev–Trinajstić information content (AvgIpc) is 3.19. The van der Waals surface area contributed by atoms with Gasteiger partial charge < -0.3 is 14.5 Å². The number of nitrogens with one attached hydrogen (secondary N) is 1. The molecule has 4 nitrogen and oxygen atoms in total. The summed E-state index contributed by atoms with van der Waals surface area (Å²) in [6.45, 7) is 3.25. The van der Waals surface area contributed by atoms with E-state index in [4.69, 9.17) is 0 Å². The Hall–Kier alpha value is -2.07. The molecule has 4 rings (SSSR count). The van der Waals surface area contributed by atoms with Gasteiger partial charge in [0.1, 0.15) is 0 Å². The van der Waals surface area contributed by atoms with E-state index in [1.54, 1.807) is 0 Å². The zero-order chi connectivity index (χ0) is 14.2. The fraction of sp³-hybridized carbons (Fsp3) is 0.353. The van der Waals surface area contributed by atoms with Gasteiger partial charge in [-0.1, -0.05) is 6.07 Å². The Bertz CT molecular complexity index is 741. The Morgan fingerprint density at radius 3 is 3.10 bits per heavy atom. The third-order valence-electron chi connectivity index (χ3n) is 4.53. The highest BCUT2D eigenvalue weighted by atomic mass is 15.1. The first-order valence-electron chi connectivity index (χ1n) is 7.54. The molecule has 0 bridgehead atoms. The monoisotopic (exact) mass is 280 g/mol. The smallest absolute Gasteiger partial charge is 0.0949 e. The number of likely N-dealkylation sites (N-methyl/N-ethyl adjacent to an activating group) is 1. The summed E-state index contributed by atoms with van der Waals surface area (Å²) < 4.78 is 2.11. The Balaban J connectivity index is 1.69. The number of hydrogen-bond acceptors (Lipinski definition) is 2. The second-order valence-electron chi connectivity index (χ2n) is 6.11. The first kappa shape index (κ1) is 12.7. The Kier molecular flexibility index (Phi) is 3.04. The lowest BCUT2D eigenvalue weighted by Gasteiger charge is -2.10. The van der Waals surface area contributed by atoms with Crippen LogP contribution in [0.3, 0.4) is 0 Å². The van der Waals surface area contributed by atoms with Gasteiger partial charge in [0, 0.05) is 42.6 Å². The Labute approximate surface area is 124 Å². The normalized spacial score (nSPS) is 19.6. The van der Waals surface area contributed by atoms with E-state index in [0.717, 1.165) is 6.54 Å². The molecule has 21 heavy (non-hydrogen) atoms. The van der Waals surface area contributed by atoms with E-state index in [2.05, 4.69) is 50.9 Å². The maximum atomic E-state index is 4.11. The number of aromatic amines is 1. The zero-order valence-electron chi connectivity index (χ0n) is 12.3. The van der Waals surface area contributed by atoms with Gasteiger partial charge >= 0.3 is 0 Å². The summed E-state index contributed by atoms with van der Waals surface area (Å²) in [4.78, 5) is 9.95. The van der Waals surface area contributed by atoms with Gasteiger partial charge in [0.15, 0.2) is 0 Å². The SMILES string of the molecule is CN1CCC(c2c[nH]c3ccc(Cn4ccnc4)cc23)C1. The van der Waals surface area contributed by atoms with E-state index in [0.29, 0.717) is 5.92 Å². The van der Waals surface area contributed by atoms with E-state index < -0.39 is 0 Å². The van der Waals surface area contributed by atoms with E-state index in [1.165, 1.54) is 41.5 Å². The van der Waals surface area contributed by atoms with Crippen LogP contribution in [0.15, 0.2) is 43.1 Å². The van der Waals surface area contributed by atoms with E-state index in [1.807, 2.05) is 18.7 Å². The van der Waals surface area contributed by atoms with Crippen molar-refractivity contribution in [2.24, 2.45) is 0 Å². The number of nitrogens with zero attached hydrogens (tertiary/aromatic N) is 3. The van der Waals surface area contributed by atoms with Gasteiger partial charge in [-0.2, -0.15) is 0 Å². The molecule has 3 aromatic rings. The van der Waals surface area contributed by atoms with Crippen LogP contribution in [0, 0.1) is 0 Å². The van der Waals surface area contributed by atoms with Crippen molar-refractivity contribution in [3.05, 3.63) is 54.2 Å². The van der Waals surface area contributed by atoms with Crippen LogP contribution < -0.4 is 0 Å². The van der Waals surface area contributed by atoms with E-state index in [9.17, 15) is 0 Å². The molecule has 1 fully saturated rings. The van der Waals surface area contributed by atoms with Crippen molar-refractivity contribution in [3.63, 3.8) is 0 Å². The van der Waals surface area contributed by atoms with Crippen LogP contribution in [-0.2, 0) is 6.54 Å². The minimum atomic E-state index is 0.659. The molecule has 2 aromatic heterocycles. The number of benzene rings is 1. The van der Waals surface area contributed by atoms with Gasteiger partial charge in [-0.05, 0) is 49.2 Å². The molecule has 1 aliphatic rings. The van der Waals surface area contributed by atoms with Crippen molar-refractivity contribution in [1.29, 1.82) is 0 Å². The molecule has 0 amide bonds. The third kappa shape index (κ3) is 2.36. The lowest BCUT2D eigenvalue weighted by Crippen LogP contribution is -2.13. The molecule has 108 valence electrons. The van der Waals surface area contributed by atoms with Gasteiger partial charge in [-0.25, -0.2) is 4.98 Å². The molecule has 1 atom stereocenters. The second kappa shape index (κ2) is 5.04. The van der Waals surface area contributed by atoms with Crippen molar-refractivity contribution in [2.45, 2.75) is 18.9 Å². The number of aromatic nitrogens is 3. The first-order valence-corrected chi connectivity index (χ1v) is 7.54. The number of fused-ring (bicyclic) bond motifs is 1. The molecule has 3 heterocycles. The maximum absolute atomic E-state index is 4.11. The molecule has 1 aliphatic heterocycles. The summed E-state index contributed by atoms with van der Waals surface area (Å²) in [7, 11) is 2.21. The van der Waals surface area contributed by atoms with E-state index >= 15 is 0 Å². The predicted octanol–water partition coefficient (Wildman–Crippen LogP) is 2.83. The van der Waals surface area contributed by atoms with Gasteiger partial charge in [0.2, 0.25) is 0 Å². The number of hydrogen-bond donors (Lipinski definition) is 1. The van der Waals surface area contributed by atoms with Crippen LogP contribution in [-0.4, -0.2) is 39.6 Å². The fourth-order valence-corrected chi connectivity index (χ4v) is 3.41. The van der Waals surface area contributed by atoms with Gasteiger partial charge in [-0.15, -0.1) is 0 Å². The van der Waals surface area contributed by atoms with Crippen molar-refractivity contribution in [2.75, 3.05) is 20.1 Å². The van der Waals surface area contributed by atoms with Crippen molar-refractivity contribution in [1.82, 2.24) is 19.4 Å². The molecular weight excluding hydrogens is 260 g/mol. The first-order chi connectivity index (χ1) is 10.3. The second-order valence-corrected chi connectivity index (χ2v) is 6.11. The molecule has 1 N–H and O–H groups in total. The van der Waals surface area contributed by atoms with Crippen molar-refractivity contribution < 1.29 is 0 Å². The minimum absolute atomic E-state index is 0.659. The molecule has 1 aromatic carbocycles. The largest absolute Gasteiger partial charge is 0.361 e. The van der Waals surface area contributed by atoms with Gasteiger partial charge in [0.25, 0.3) is 0 Å². The van der Waals surface area contributed by atoms with Crippen LogP contribution >= 0.6 is 0 Å². The van der Waals surface area contributed by atoms with Gasteiger partial charge in [-0.3, -0.25) is 0 Å². The van der Waals surface area contributed by atoms with Crippen LogP contribution in [0.25, 0.3) is 10.9 Å². The summed E-state index contributed by atoms with van der Waals surface area (Å²) in [6, 6.07) is 6.73. The number of likely N-dealkylation sites (tertiary alicyclic amines) is 1. The highest BCUT2D eigenvalue weighted by Crippen LogP contribution is 2.32. The predicted molar refractivity (Wildman–Crippen MR) is 84.5 cm³/mol. The fourth-order valence-electron chi connectivity index (χ4n) is 3.41. The summed E-state index contributed by atoms with van der Waals surface area (Å²) in [5.74, 6) is 0.659. The van der Waals surface area contributed by atoms with Crippen molar-refractivity contribution >= 4 is 10.9 Å². The van der Waals surface area contributed by atoms with Crippen molar-refractivity contribution in [3.8, 4) is 0 Å². The number of H-pyrrole nitrogens is 1. The van der Waals surface area contributed by atoms with E-state index in [-0.39, 0.29) is 0 Å². The molecular formula is C17H20N4. The summed E-state index contributed by atoms with van der Waals surface area (Å²) in [6.07, 6.45) is 9.17. The van der Waals surface area contributed by atoms with Gasteiger partial charge in [0.05, 0.1) is 6.33 Å². The van der Waals surface area contributed by atoms with Crippen LogP contribution in [0.4, 0.5) is 0 Å². The number of rotatable bonds is 3. The average molecular weight is 280 g/mol. The maximum Gasteiger partial charge on any atom is 0.0949 e. The standard InChI is InChI=1S/C17H20N4/c1-20-6-4-14(11-20)16-9-19-17-3-2-13(8-15(16)17)10-21-7-5-18-12-21/h2-3,5,7-9,12,14,19H,4,6,10-11H2,1H3. The lowest BCUT2D eigenvalue weighted by molar-refractivity contribution is 0.412. The molecule has 1 saturated heterocycles. The molecule has 4 heteroatoms. The molecule has 0 saturated carbocycles. The highest BCUT2D eigenvalue weighted by Gasteiger charge is 2.23. The minimum Gasteiger partial charge on any atom is -0.361 e. The topological polar surface area (TPSA) is 36.9 Å². The Morgan fingerprint density at radius 1 is 1.38 bits per heavy atom. The zero-order valence-corrected chi connectivity index (χ0v) is 12.3. The molecule has 0 aliphatic carbocycles. The molecule has 1 unspecified atom stereocenters. The highest BCUT2D eigenvalue weighted by molar-refractivity contribution is 5.84. The summed E-state index contributed by atoms with van der Waals surface area (Å²) in [5.41, 5.74) is 4.04. The molecule has 0 spiro atoms. The summed E-state index contributed by atoms with van der Waals surface area (Å²) >= 11 is 0. The third-order valence-corrected chi connectivity index (χ3v) is 4.53. The quantitative estimate of drug-likeness (QED) is 0.801. The Morgan fingerprint density at radius 2 is 2.33 bits per heavy atom. The van der Waals surface area contributed by atoms with Crippen LogP contribution in [0.2, 0.25) is 0 Å². The number of imidazole rings is 1. The van der Waals surface area contributed by atoms with Crippen LogP contribution in [0.1, 0.15) is 23.5 Å². The van der Waals surface area contributed by atoms with Crippen LogP contribution in [0.5, 0.6) is 0 Å².